The normalized spacial score (nSPS) is 27.9. The third kappa shape index (κ3) is 2.50. The monoisotopic (exact) mass is 134 g/mol. The summed E-state index contributed by atoms with van der Waals surface area (Å²) in [5.41, 5.74) is 0. The highest BCUT2D eigenvalue weighted by atomic mass is 32.2. The minimum atomic E-state index is 1.05. The maximum atomic E-state index is 2.17. The van der Waals surface area contributed by atoms with E-state index in [4.69, 9.17) is 0 Å². The van der Waals surface area contributed by atoms with Crippen molar-refractivity contribution in [3.63, 3.8) is 0 Å². The molecule has 1 aliphatic heterocycles. The molecule has 0 saturated carbocycles. The molecule has 1 heterocycles. The highest BCUT2D eigenvalue weighted by Crippen LogP contribution is 2.33. The lowest BCUT2D eigenvalue weighted by atomic mass is 10.4. The van der Waals surface area contributed by atoms with Crippen LogP contribution in [0.4, 0.5) is 0 Å². The van der Waals surface area contributed by atoms with Crippen LogP contribution in [-0.2, 0) is 0 Å². The van der Waals surface area contributed by atoms with Crippen LogP contribution in [0.2, 0.25) is 0 Å². The fraction of sp³-hybridized carbons (Fsp3) is 1.00. The summed E-state index contributed by atoms with van der Waals surface area (Å²) in [6.07, 6.45) is 3.61. The SMILES string of the molecule is CSCCC1CS1. The molecule has 42 valence electrons. The minimum absolute atomic E-state index is 1.05. The first-order chi connectivity index (χ1) is 3.43. The van der Waals surface area contributed by atoms with Gasteiger partial charge in [0.05, 0.1) is 0 Å². The molecule has 0 aromatic carbocycles. The third-order valence-electron chi connectivity index (χ3n) is 1.05. The zero-order valence-corrected chi connectivity index (χ0v) is 6.15. The molecule has 1 aliphatic rings. The van der Waals surface area contributed by atoms with Gasteiger partial charge in [0.15, 0.2) is 0 Å². The summed E-state index contributed by atoms with van der Waals surface area (Å²) in [6.45, 7) is 0. The summed E-state index contributed by atoms with van der Waals surface area (Å²) in [6, 6.07) is 0. The van der Waals surface area contributed by atoms with E-state index in [-0.39, 0.29) is 0 Å². The first-order valence-electron chi connectivity index (χ1n) is 2.54. The average molecular weight is 134 g/mol. The van der Waals surface area contributed by atoms with Crippen LogP contribution in [-0.4, -0.2) is 23.0 Å². The van der Waals surface area contributed by atoms with Crippen molar-refractivity contribution in [1.82, 2.24) is 0 Å². The maximum Gasteiger partial charge on any atom is 0.0146 e. The van der Waals surface area contributed by atoms with E-state index in [9.17, 15) is 0 Å². The van der Waals surface area contributed by atoms with E-state index < -0.39 is 0 Å². The Morgan fingerprint density at radius 2 is 2.57 bits per heavy atom. The number of thioether (sulfide) groups is 2. The number of rotatable bonds is 3. The fourth-order valence-electron chi connectivity index (χ4n) is 0.484. The molecule has 0 aromatic heterocycles. The zero-order chi connectivity index (χ0) is 5.11. The van der Waals surface area contributed by atoms with Crippen molar-refractivity contribution in [2.75, 3.05) is 17.8 Å². The lowest BCUT2D eigenvalue weighted by Gasteiger charge is -1.87. The Kier molecular flexibility index (Phi) is 2.40. The van der Waals surface area contributed by atoms with Crippen LogP contribution >= 0.6 is 23.5 Å². The summed E-state index contributed by atoms with van der Waals surface area (Å²) < 4.78 is 0. The van der Waals surface area contributed by atoms with Gasteiger partial charge in [-0.2, -0.15) is 23.5 Å². The molecule has 7 heavy (non-hydrogen) atoms. The van der Waals surface area contributed by atoms with Crippen molar-refractivity contribution >= 4 is 23.5 Å². The molecule has 0 aliphatic carbocycles. The predicted octanol–water partition coefficient (Wildman–Crippen LogP) is 1.85. The standard InChI is InChI=1S/C5H10S2/c1-6-3-2-5-4-7-5/h5H,2-4H2,1H3. The summed E-state index contributed by atoms with van der Waals surface area (Å²) in [4.78, 5) is 0. The largest absolute Gasteiger partial charge is 0.165 e. The molecular formula is C5H10S2. The molecule has 1 saturated heterocycles. The van der Waals surface area contributed by atoms with E-state index in [1.807, 2.05) is 11.8 Å². The minimum Gasteiger partial charge on any atom is -0.165 e. The van der Waals surface area contributed by atoms with Gasteiger partial charge in [0, 0.05) is 11.0 Å². The molecule has 0 radical (unpaired) electrons. The molecule has 1 unspecified atom stereocenters. The number of hydrogen-bond donors (Lipinski definition) is 0. The van der Waals surface area contributed by atoms with Crippen LogP contribution in [0.3, 0.4) is 0 Å². The van der Waals surface area contributed by atoms with Gasteiger partial charge < -0.3 is 0 Å². The van der Waals surface area contributed by atoms with Crippen molar-refractivity contribution in [2.24, 2.45) is 0 Å². The molecule has 0 bridgehead atoms. The Morgan fingerprint density at radius 1 is 1.86 bits per heavy atom. The van der Waals surface area contributed by atoms with Gasteiger partial charge in [0.2, 0.25) is 0 Å². The molecule has 0 aromatic rings. The van der Waals surface area contributed by atoms with Crippen molar-refractivity contribution in [2.45, 2.75) is 11.7 Å². The Labute approximate surface area is 53.4 Å². The molecule has 0 N–H and O–H groups in total. The van der Waals surface area contributed by atoms with Gasteiger partial charge in [-0.05, 0) is 18.4 Å². The van der Waals surface area contributed by atoms with Gasteiger partial charge in [-0.15, -0.1) is 0 Å². The lowest BCUT2D eigenvalue weighted by molar-refractivity contribution is 0.996. The van der Waals surface area contributed by atoms with E-state index in [2.05, 4.69) is 18.0 Å². The Hall–Kier alpha value is 0.700. The molecule has 0 spiro atoms. The topological polar surface area (TPSA) is 0 Å². The van der Waals surface area contributed by atoms with E-state index >= 15 is 0 Å². The van der Waals surface area contributed by atoms with Crippen LogP contribution in [0.15, 0.2) is 0 Å². The first kappa shape index (κ1) is 5.83. The van der Waals surface area contributed by atoms with Gasteiger partial charge in [0.25, 0.3) is 0 Å². The molecule has 0 nitrogen and oxygen atoms in total. The van der Waals surface area contributed by atoms with E-state index in [1.54, 1.807) is 0 Å². The highest BCUT2D eigenvalue weighted by Gasteiger charge is 2.20. The van der Waals surface area contributed by atoms with Gasteiger partial charge in [-0.1, -0.05) is 0 Å². The van der Waals surface area contributed by atoms with E-state index in [0.717, 1.165) is 5.25 Å². The maximum absolute atomic E-state index is 2.17. The van der Waals surface area contributed by atoms with E-state index in [0.29, 0.717) is 0 Å². The summed E-state index contributed by atoms with van der Waals surface area (Å²) in [5, 5.41) is 1.05. The molecule has 2 heteroatoms. The average Bonchev–Trinajstić information content (AvgIpc) is 2.42. The predicted molar refractivity (Wildman–Crippen MR) is 39.2 cm³/mol. The van der Waals surface area contributed by atoms with Gasteiger partial charge >= 0.3 is 0 Å². The van der Waals surface area contributed by atoms with Crippen molar-refractivity contribution in [3.8, 4) is 0 Å². The van der Waals surface area contributed by atoms with Crippen LogP contribution in [0.5, 0.6) is 0 Å². The first-order valence-corrected chi connectivity index (χ1v) is 4.98. The smallest absolute Gasteiger partial charge is 0.0146 e. The Balaban J connectivity index is 1.80. The second kappa shape index (κ2) is 2.88. The van der Waals surface area contributed by atoms with Gasteiger partial charge in [-0.3, -0.25) is 0 Å². The third-order valence-corrected chi connectivity index (χ3v) is 2.73. The molecular weight excluding hydrogens is 124 g/mol. The second-order valence-corrected chi connectivity index (χ2v) is 4.06. The molecule has 1 fully saturated rings. The van der Waals surface area contributed by atoms with Crippen molar-refractivity contribution in [3.05, 3.63) is 0 Å². The second-order valence-electron chi connectivity index (χ2n) is 1.74. The zero-order valence-electron chi connectivity index (χ0n) is 4.52. The molecule has 1 atom stereocenters. The quantitative estimate of drug-likeness (QED) is 0.540. The van der Waals surface area contributed by atoms with Crippen LogP contribution in [0.1, 0.15) is 6.42 Å². The Bertz CT molecular complexity index is 50.0. The van der Waals surface area contributed by atoms with Gasteiger partial charge in [0.1, 0.15) is 0 Å². The van der Waals surface area contributed by atoms with Gasteiger partial charge in [-0.25, -0.2) is 0 Å². The van der Waals surface area contributed by atoms with Crippen molar-refractivity contribution in [1.29, 1.82) is 0 Å². The summed E-state index contributed by atoms with van der Waals surface area (Å²) >= 11 is 4.05. The molecule has 1 rings (SSSR count). The lowest BCUT2D eigenvalue weighted by Crippen LogP contribution is -1.83. The van der Waals surface area contributed by atoms with Crippen LogP contribution < -0.4 is 0 Å². The summed E-state index contributed by atoms with van der Waals surface area (Å²) in [7, 11) is 0. The highest BCUT2D eigenvalue weighted by molar-refractivity contribution is 8.07. The number of hydrogen-bond acceptors (Lipinski definition) is 2. The molecule has 0 amide bonds. The summed E-state index contributed by atoms with van der Waals surface area (Å²) in [5.74, 6) is 2.79. The van der Waals surface area contributed by atoms with Crippen LogP contribution in [0.25, 0.3) is 0 Å². The Morgan fingerprint density at radius 3 is 3.00 bits per heavy atom. The fourth-order valence-corrected chi connectivity index (χ4v) is 1.74. The van der Waals surface area contributed by atoms with E-state index in [1.165, 1.54) is 17.9 Å². The van der Waals surface area contributed by atoms with Crippen molar-refractivity contribution < 1.29 is 0 Å². The van der Waals surface area contributed by atoms with Crippen LogP contribution in [0, 0.1) is 0 Å².